The molecule has 144 valence electrons. The van der Waals surface area contributed by atoms with Crippen molar-refractivity contribution in [3.63, 3.8) is 0 Å². The quantitative estimate of drug-likeness (QED) is 0.714. The first kappa shape index (κ1) is 18.6. The summed E-state index contributed by atoms with van der Waals surface area (Å²) in [7, 11) is 0. The van der Waals surface area contributed by atoms with Crippen LogP contribution in [0.2, 0.25) is 0 Å². The van der Waals surface area contributed by atoms with Gasteiger partial charge < -0.3 is 10.0 Å². The van der Waals surface area contributed by atoms with Gasteiger partial charge in [-0.25, -0.2) is 0 Å². The minimum atomic E-state index is -0.668. The number of para-hydroxylation sites is 1. The zero-order valence-electron chi connectivity index (χ0n) is 16.5. The number of carbonyl (C=O) groups excluding carboxylic acids is 1. The van der Waals surface area contributed by atoms with Crippen LogP contribution in [-0.2, 0) is 0 Å². The number of rotatable bonds is 2. The van der Waals surface area contributed by atoms with Crippen LogP contribution in [0, 0.1) is 6.92 Å². The highest BCUT2D eigenvalue weighted by atomic mass is 16.3. The average molecular weight is 374 g/mol. The Morgan fingerprint density at radius 1 is 1.07 bits per heavy atom. The van der Waals surface area contributed by atoms with Gasteiger partial charge in [0.05, 0.1) is 11.1 Å². The lowest BCUT2D eigenvalue weighted by atomic mass is 9.98. The third-order valence-corrected chi connectivity index (χ3v) is 5.64. The summed E-state index contributed by atoms with van der Waals surface area (Å²) in [6, 6.07) is 18.1. The molecular weight excluding hydrogens is 348 g/mol. The Balaban J connectivity index is 1.60. The minimum absolute atomic E-state index is 0.0417. The molecule has 2 aromatic carbocycles. The largest absolute Gasteiger partial charge is 0.390 e. The number of benzene rings is 2. The maximum atomic E-state index is 12.9. The highest BCUT2D eigenvalue weighted by Crippen LogP contribution is 2.29. The lowest BCUT2D eigenvalue weighted by Crippen LogP contribution is -2.33. The molecule has 0 radical (unpaired) electrons. The number of hydrogen-bond donors (Lipinski definition) is 1. The highest BCUT2D eigenvalue weighted by Gasteiger charge is 2.27. The SMILES string of the molecule is Cc1cc(-c2ccc(C(=O)N3CCCC(C)(O)CC3)cc2)c2ccccc2n1. The summed E-state index contributed by atoms with van der Waals surface area (Å²) in [6.07, 6.45) is 2.20. The van der Waals surface area contributed by atoms with E-state index in [0.717, 1.165) is 40.6 Å². The van der Waals surface area contributed by atoms with Gasteiger partial charge in [-0.15, -0.1) is 0 Å². The Morgan fingerprint density at radius 2 is 1.82 bits per heavy atom. The topological polar surface area (TPSA) is 53.4 Å². The van der Waals surface area contributed by atoms with E-state index in [9.17, 15) is 9.90 Å². The Labute approximate surface area is 165 Å². The van der Waals surface area contributed by atoms with Crippen LogP contribution >= 0.6 is 0 Å². The maximum absolute atomic E-state index is 12.9. The van der Waals surface area contributed by atoms with Gasteiger partial charge in [0.2, 0.25) is 0 Å². The van der Waals surface area contributed by atoms with Crippen molar-refractivity contribution in [2.24, 2.45) is 0 Å². The van der Waals surface area contributed by atoms with E-state index in [1.807, 2.05) is 61.2 Å². The molecule has 28 heavy (non-hydrogen) atoms. The molecule has 0 bridgehead atoms. The lowest BCUT2D eigenvalue weighted by Gasteiger charge is -2.22. The van der Waals surface area contributed by atoms with Crippen molar-refractivity contribution in [1.29, 1.82) is 0 Å². The van der Waals surface area contributed by atoms with Crippen molar-refractivity contribution in [2.45, 2.75) is 38.7 Å². The second-order valence-electron chi connectivity index (χ2n) is 8.05. The van der Waals surface area contributed by atoms with Crippen molar-refractivity contribution in [3.05, 3.63) is 65.9 Å². The second kappa shape index (κ2) is 7.36. The van der Waals surface area contributed by atoms with E-state index in [2.05, 4.69) is 17.1 Å². The molecule has 1 unspecified atom stereocenters. The summed E-state index contributed by atoms with van der Waals surface area (Å²) in [5.41, 5.74) is 4.20. The van der Waals surface area contributed by atoms with Crippen LogP contribution in [0.5, 0.6) is 0 Å². The molecule has 3 aromatic rings. The zero-order valence-corrected chi connectivity index (χ0v) is 16.5. The summed E-state index contributed by atoms with van der Waals surface area (Å²) >= 11 is 0. The third kappa shape index (κ3) is 3.78. The predicted molar refractivity (Wildman–Crippen MR) is 112 cm³/mol. The zero-order chi connectivity index (χ0) is 19.7. The Morgan fingerprint density at radius 3 is 2.61 bits per heavy atom. The van der Waals surface area contributed by atoms with Crippen molar-refractivity contribution >= 4 is 16.8 Å². The van der Waals surface area contributed by atoms with Gasteiger partial charge in [0, 0.05) is 29.7 Å². The van der Waals surface area contributed by atoms with Crippen LogP contribution in [0.4, 0.5) is 0 Å². The van der Waals surface area contributed by atoms with Crippen LogP contribution in [0.15, 0.2) is 54.6 Å². The Kier molecular flexibility index (Phi) is 4.90. The van der Waals surface area contributed by atoms with Crippen molar-refractivity contribution in [2.75, 3.05) is 13.1 Å². The van der Waals surface area contributed by atoms with Crippen molar-refractivity contribution in [1.82, 2.24) is 9.88 Å². The summed E-state index contributed by atoms with van der Waals surface area (Å²) < 4.78 is 0. The maximum Gasteiger partial charge on any atom is 0.253 e. The number of pyridine rings is 1. The van der Waals surface area contributed by atoms with E-state index in [-0.39, 0.29) is 5.91 Å². The summed E-state index contributed by atoms with van der Waals surface area (Å²) in [5.74, 6) is 0.0417. The van der Waals surface area contributed by atoms with E-state index in [0.29, 0.717) is 25.1 Å². The fraction of sp³-hybridized carbons (Fsp3) is 0.333. The number of aryl methyl sites for hydroxylation is 1. The monoisotopic (exact) mass is 374 g/mol. The first-order valence-electron chi connectivity index (χ1n) is 9.91. The minimum Gasteiger partial charge on any atom is -0.390 e. The van der Waals surface area contributed by atoms with Crippen LogP contribution in [0.1, 0.15) is 42.2 Å². The van der Waals surface area contributed by atoms with Crippen molar-refractivity contribution < 1.29 is 9.90 Å². The fourth-order valence-electron chi connectivity index (χ4n) is 3.99. The summed E-state index contributed by atoms with van der Waals surface area (Å²) in [6.45, 7) is 5.16. The van der Waals surface area contributed by atoms with Crippen LogP contribution < -0.4 is 0 Å². The fourth-order valence-corrected chi connectivity index (χ4v) is 3.99. The van der Waals surface area contributed by atoms with Crippen LogP contribution in [0.25, 0.3) is 22.0 Å². The molecule has 1 aromatic heterocycles. The number of nitrogens with zero attached hydrogens (tertiary/aromatic N) is 2. The van der Waals surface area contributed by atoms with Gasteiger partial charge in [-0.2, -0.15) is 0 Å². The molecule has 1 saturated heterocycles. The smallest absolute Gasteiger partial charge is 0.253 e. The number of aliphatic hydroxyl groups is 1. The van der Waals surface area contributed by atoms with Gasteiger partial charge in [-0.1, -0.05) is 30.3 Å². The molecule has 0 saturated carbocycles. The Hall–Kier alpha value is -2.72. The number of aromatic nitrogens is 1. The molecule has 0 aliphatic carbocycles. The van der Waals surface area contributed by atoms with Gasteiger partial charge in [0.1, 0.15) is 0 Å². The van der Waals surface area contributed by atoms with E-state index < -0.39 is 5.60 Å². The van der Waals surface area contributed by atoms with E-state index >= 15 is 0 Å². The normalized spacial score (nSPS) is 20.2. The van der Waals surface area contributed by atoms with Gasteiger partial charge in [-0.3, -0.25) is 9.78 Å². The second-order valence-corrected chi connectivity index (χ2v) is 8.05. The Bertz CT molecular complexity index is 1010. The molecule has 1 aliphatic rings. The molecule has 1 amide bonds. The summed E-state index contributed by atoms with van der Waals surface area (Å²) in [4.78, 5) is 19.4. The van der Waals surface area contributed by atoms with E-state index in [4.69, 9.17) is 0 Å². The van der Waals surface area contributed by atoms with E-state index in [1.54, 1.807) is 0 Å². The first-order valence-corrected chi connectivity index (χ1v) is 9.91. The van der Waals surface area contributed by atoms with Gasteiger partial charge in [-0.05, 0) is 68.5 Å². The van der Waals surface area contributed by atoms with Gasteiger partial charge in [0.15, 0.2) is 0 Å². The molecule has 4 heteroatoms. The average Bonchev–Trinajstić information content (AvgIpc) is 2.87. The molecule has 0 spiro atoms. The number of fused-ring (bicyclic) bond motifs is 1. The van der Waals surface area contributed by atoms with Gasteiger partial charge in [0.25, 0.3) is 5.91 Å². The number of carbonyl (C=O) groups is 1. The highest BCUT2D eigenvalue weighted by molar-refractivity contribution is 5.97. The number of likely N-dealkylation sites (tertiary alicyclic amines) is 1. The van der Waals surface area contributed by atoms with Crippen LogP contribution in [-0.4, -0.2) is 39.6 Å². The standard InChI is InChI=1S/C24H26N2O2/c1-17-16-21(20-6-3-4-7-22(20)25-17)18-8-10-19(11-9-18)23(27)26-14-5-12-24(2,28)13-15-26/h3-4,6-11,16,28H,5,12-15H2,1-2H3. The predicted octanol–water partition coefficient (Wildman–Crippen LogP) is 4.59. The summed E-state index contributed by atoms with van der Waals surface area (Å²) in [5, 5.41) is 11.4. The first-order chi connectivity index (χ1) is 13.4. The molecule has 4 rings (SSSR count). The van der Waals surface area contributed by atoms with Crippen molar-refractivity contribution in [3.8, 4) is 11.1 Å². The molecule has 1 N–H and O–H groups in total. The van der Waals surface area contributed by atoms with E-state index in [1.165, 1.54) is 0 Å². The molecule has 1 aliphatic heterocycles. The molecule has 4 nitrogen and oxygen atoms in total. The molecular formula is C24H26N2O2. The van der Waals surface area contributed by atoms with Gasteiger partial charge >= 0.3 is 0 Å². The molecule has 1 atom stereocenters. The lowest BCUT2D eigenvalue weighted by molar-refractivity contribution is 0.0438. The van der Waals surface area contributed by atoms with Crippen LogP contribution in [0.3, 0.4) is 0 Å². The molecule has 2 heterocycles. The third-order valence-electron chi connectivity index (χ3n) is 5.64. The number of amides is 1. The molecule has 1 fully saturated rings. The number of hydrogen-bond acceptors (Lipinski definition) is 3.